The van der Waals surface area contributed by atoms with E-state index in [1.54, 1.807) is 0 Å². The van der Waals surface area contributed by atoms with E-state index in [0.29, 0.717) is 0 Å². The van der Waals surface area contributed by atoms with E-state index in [9.17, 15) is 4.79 Å². The second-order valence-corrected chi connectivity index (χ2v) is 4.62. The zero-order valence-electron chi connectivity index (χ0n) is 9.69. The minimum absolute atomic E-state index is 0.0780. The van der Waals surface area contributed by atoms with E-state index in [1.807, 2.05) is 30.3 Å². The number of carbonyl (C=O) groups excluding carboxylic acids is 1. The molecule has 1 aromatic carbocycles. The van der Waals surface area contributed by atoms with Crippen molar-refractivity contribution in [3.05, 3.63) is 35.4 Å². The van der Waals surface area contributed by atoms with Gasteiger partial charge in [-0.05, 0) is 16.5 Å². The van der Waals surface area contributed by atoms with Crippen molar-refractivity contribution in [2.45, 2.75) is 32.2 Å². The molecule has 0 aliphatic rings. The van der Waals surface area contributed by atoms with E-state index in [-0.39, 0.29) is 5.41 Å². The van der Waals surface area contributed by atoms with Crippen molar-refractivity contribution < 1.29 is 4.79 Å². The van der Waals surface area contributed by atoms with Crippen molar-refractivity contribution in [2.24, 2.45) is 4.99 Å². The molecule has 0 N–H and O–H groups in total. The SMILES string of the molecule is CC(C)(C)c1ccc(C(C#N)N=C=O)cc1. The van der Waals surface area contributed by atoms with E-state index in [2.05, 4.69) is 25.8 Å². The van der Waals surface area contributed by atoms with E-state index >= 15 is 0 Å². The van der Waals surface area contributed by atoms with E-state index < -0.39 is 6.04 Å². The molecule has 0 radical (unpaired) electrons. The van der Waals surface area contributed by atoms with Crippen LogP contribution >= 0.6 is 0 Å². The fourth-order valence-electron chi connectivity index (χ4n) is 1.40. The first-order chi connectivity index (χ1) is 7.49. The monoisotopic (exact) mass is 214 g/mol. The van der Waals surface area contributed by atoms with Crippen LogP contribution in [0.1, 0.15) is 37.9 Å². The summed E-state index contributed by atoms with van der Waals surface area (Å²) < 4.78 is 0. The van der Waals surface area contributed by atoms with Gasteiger partial charge in [-0.1, -0.05) is 45.0 Å². The largest absolute Gasteiger partial charge is 0.236 e. The Balaban J connectivity index is 3.04. The van der Waals surface area contributed by atoms with Gasteiger partial charge in [0.1, 0.15) is 0 Å². The highest BCUT2D eigenvalue weighted by Crippen LogP contribution is 2.24. The lowest BCUT2D eigenvalue weighted by atomic mass is 9.86. The predicted molar refractivity (Wildman–Crippen MR) is 61.6 cm³/mol. The highest BCUT2D eigenvalue weighted by atomic mass is 16.1. The Bertz CT molecular complexity index is 442. The minimum atomic E-state index is -0.744. The Morgan fingerprint density at radius 2 is 1.81 bits per heavy atom. The molecule has 1 unspecified atom stereocenters. The third-order valence-electron chi connectivity index (χ3n) is 2.40. The molecular formula is C13H14N2O. The smallest absolute Gasteiger partial charge is 0.211 e. The zero-order valence-corrected chi connectivity index (χ0v) is 9.69. The fraction of sp³-hybridized carbons (Fsp3) is 0.385. The Hall–Kier alpha value is -1.91. The van der Waals surface area contributed by atoms with Gasteiger partial charge >= 0.3 is 0 Å². The van der Waals surface area contributed by atoms with Crippen LogP contribution in [0.5, 0.6) is 0 Å². The first-order valence-corrected chi connectivity index (χ1v) is 5.06. The first kappa shape index (κ1) is 12.2. The summed E-state index contributed by atoms with van der Waals surface area (Å²) in [5.41, 5.74) is 1.98. The molecule has 3 nitrogen and oxygen atoms in total. The summed E-state index contributed by atoms with van der Waals surface area (Å²) in [5, 5.41) is 8.82. The molecule has 0 amide bonds. The van der Waals surface area contributed by atoms with Gasteiger partial charge in [0, 0.05) is 0 Å². The predicted octanol–water partition coefficient (Wildman–Crippen LogP) is 2.88. The molecule has 0 saturated carbocycles. The molecule has 0 fully saturated rings. The van der Waals surface area contributed by atoms with Crippen LogP contribution in [-0.2, 0) is 10.2 Å². The molecular weight excluding hydrogens is 200 g/mol. The molecule has 0 saturated heterocycles. The quantitative estimate of drug-likeness (QED) is 0.561. The number of hydrogen-bond donors (Lipinski definition) is 0. The van der Waals surface area contributed by atoms with E-state index in [1.165, 1.54) is 11.6 Å². The van der Waals surface area contributed by atoms with Gasteiger partial charge in [-0.25, -0.2) is 4.79 Å². The number of rotatable bonds is 2. The van der Waals surface area contributed by atoms with Crippen LogP contribution in [0.15, 0.2) is 29.3 Å². The summed E-state index contributed by atoms with van der Waals surface area (Å²) in [6.45, 7) is 6.36. The van der Waals surface area contributed by atoms with Crippen LogP contribution in [-0.4, -0.2) is 6.08 Å². The van der Waals surface area contributed by atoms with E-state index in [0.717, 1.165) is 5.56 Å². The Morgan fingerprint density at radius 1 is 1.25 bits per heavy atom. The second kappa shape index (κ2) is 4.74. The van der Waals surface area contributed by atoms with E-state index in [4.69, 9.17) is 5.26 Å². The van der Waals surface area contributed by atoms with Gasteiger partial charge in [0.2, 0.25) is 6.08 Å². The Labute approximate surface area is 95.4 Å². The molecule has 0 aliphatic carbocycles. The van der Waals surface area contributed by atoms with Crippen molar-refractivity contribution in [3.63, 3.8) is 0 Å². The van der Waals surface area contributed by atoms with Crippen molar-refractivity contribution in [1.29, 1.82) is 5.26 Å². The molecule has 0 heterocycles. The van der Waals surface area contributed by atoms with Crippen LogP contribution < -0.4 is 0 Å². The number of aliphatic imine (C=N–C) groups is 1. The number of benzene rings is 1. The molecule has 0 bridgehead atoms. The molecule has 1 aromatic rings. The van der Waals surface area contributed by atoms with Gasteiger partial charge in [0.25, 0.3) is 0 Å². The zero-order chi connectivity index (χ0) is 12.2. The highest BCUT2D eigenvalue weighted by molar-refractivity contribution is 5.38. The average molecular weight is 214 g/mol. The average Bonchev–Trinajstić information content (AvgIpc) is 2.25. The summed E-state index contributed by atoms with van der Waals surface area (Å²) in [7, 11) is 0. The number of nitriles is 1. The van der Waals surface area contributed by atoms with Gasteiger partial charge in [-0.3, -0.25) is 0 Å². The Kier molecular flexibility index (Phi) is 3.60. The van der Waals surface area contributed by atoms with Crippen LogP contribution in [0.2, 0.25) is 0 Å². The fourth-order valence-corrected chi connectivity index (χ4v) is 1.40. The summed E-state index contributed by atoms with van der Waals surface area (Å²) in [6.07, 6.45) is 1.41. The first-order valence-electron chi connectivity index (χ1n) is 5.06. The van der Waals surface area contributed by atoms with Gasteiger partial charge in [0.05, 0.1) is 6.07 Å². The van der Waals surface area contributed by atoms with Crippen LogP contribution in [0.25, 0.3) is 0 Å². The molecule has 16 heavy (non-hydrogen) atoms. The number of hydrogen-bond acceptors (Lipinski definition) is 3. The molecule has 0 aromatic heterocycles. The normalized spacial score (nSPS) is 12.4. The van der Waals surface area contributed by atoms with Gasteiger partial charge in [0.15, 0.2) is 6.04 Å². The molecule has 0 spiro atoms. The maximum Gasteiger partial charge on any atom is 0.236 e. The molecule has 0 aliphatic heterocycles. The maximum atomic E-state index is 10.1. The van der Waals surface area contributed by atoms with Gasteiger partial charge in [-0.2, -0.15) is 10.3 Å². The molecule has 1 atom stereocenters. The standard InChI is InChI=1S/C13H14N2O/c1-13(2,3)11-6-4-10(5-7-11)12(8-14)15-9-16/h4-7,12H,1-3H3. The lowest BCUT2D eigenvalue weighted by molar-refractivity contribution is 0.561. The van der Waals surface area contributed by atoms with Crippen LogP contribution in [0, 0.1) is 11.3 Å². The second-order valence-electron chi connectivity index (χ2n) is 4.62. The van der Waals surface area contributed by atoms with Crippen LogP contribution in [0.3, 0.4) is 0 Å². The lowest BCUT2D eigenvalue weighted by Crippen LogP contribution is -2.10. The molecule has 3 heteroatoms. The minimum Gasteiger partial charge on any atom is -0.211 e. The summed E-state index contributed by atoms with van der Waals surface area (Å²) >= 11 is 0. The topological polar surface area (TPSA) is 53.2 Å². The van der Waals surface area contributed by atoms with Crippen molar-refractivity contribution in [1.82, 2.24) is 0 Å². The molecule has 82 valence electrons. The third-order valence-corrected chi connectivity index (χ3v) is 2.40. The summed E-state index contributed by atoms with van der Waals surface area (Å²) in [5.74, 6) is 0. The summed E-state index contributed by atoms with van der Waals surface area (Å²) in [6, 6.07) is 8.78. The highest BCUT2D eigenvalue weighted by Gasteiger charge is 2.14. The third kappa shape index (κ3) is 2.79. The maximum absolute atomic E-state index is 10.1. The van der Waals surface area contributed by atoms with Gasteiger partial charge < -0.3 is 0 Å². The molecule has 1 rings (SSSR count). The summed E-state index contributed by atoms with van der Waals surface area (Å²) in [4.78, 5) is 13.6. The van der Waals surface area contributed by atoms with Crippen molar-refractivity contribution in [3.8, 4) is 6.07 Å². The lowest BCUT2D eigenvalue weighted by Gasteiger charge is -2.19. The number of isocyanates is 1. The van der Waals surface area contributed by atoms with Crippen LogP contribution in [0.4, 0.5) is 0 Å². The Morgan fingerprint density at radius 3 is 2.19 bits per heavy atom. The number of nitrogens with zero attached hydrogens (tertiary/aromatic N) is 2. The van der Waals surface area contributed by atoms with Crippen molar-refractivity contribution in [2.75, 3.05) is 0 Å². The van der Waals surface area contributed by atoms with Gasteiger partial charge in [-0.15, -0.1) is 0 Å². The van der Waals surface area contributed by atoms with Crippen molar-refractivity contribution >= 4 is 6.08 Å².